The topological polar surface area (TPSA) is 228 Å². The first-order valence-corrected chi connectivity index (χ1v) is 25.2. The van der Waals surface area contributed by atoms with E-state index >= 15 is 0 Å². The number of aromatic nitrogens is 6. The molecular weight excluding hydrogens is 899 g/mol. The fraction of sp³-hybridized carbons (Fsp3) is 0.487. The molecule has 18 nitrogen and oxygen atoms in total. The number of fused-ring (bicyclic) bond motifs is 2. The van der Waals surface area contributed by atoms with Crippen LogP contribution in [0.15, 0.2) is 53.9 Å². The molecule has 2 aromatic carbocycles. The van der Waals surface area contributed by atoms with E-state index in [0.29, 0.717) is 91.7 Å². The van der Waals surface area contributed by atoms with Crippen LogP contribution in [0.4, 0.5) is 19.0 Å². The summed E-state index contributed by atoms with van der Waals surface area (Å²) in [5.74, 6) is 0.140. The average Bonchev–Trinajstić information content (AvgIpc) is 4.02. The summed E-state index contributed by atoms with van der Waals surface area (Å²) in [6.07, 6.45) is 8.36. The first-order valence-electron chi connectivity index (χ1n) is 19.4. The Morgan fingerprint density at radius 3 is 1.56 bits per heavy atom. The molecule has 4 aromatic heterocycles. The highest BCUT2D eigenvalue weighted by Gasteiger charge is 2.39. The minimum absolute atomic E-state index is 0. The molecule has 0 bridgehead atoms. The second-order valence-corrected chi connectivity index (χ2v) is 22.0. The van der Waals surface area contributed by atoms with Gasteiger partial charge in [0.15, 0.2) is 0 Å². The number of imidazole rings is 2. The lowest BCUT2D eigenvalue weighted by Gasteiger charge is -2.40. The Labute approximate surface area is 372 Å². The number of ether oxygens (including phenoxy) is 2. The van der Waals surface area contributed by atoms with E-state index in [0.717, 1.165) is 20.9 Å². The van der Waals surface area contributed by atoms with Gasteiger partial charge in [-0.05, 0) is 72.9 Å². The monoisotopic (exact) mass is 948 g/mol. The van der Waals surface area contributed by atoms with Gasteiger partial charge >= 0.3 is 0 Å². The standard InChI is InChI=1S/C19H22FN7O3S2.C19H24FN5O3S2.CH4/c1-30-16-9-13(20)3-4-14(16)15-10-22-17-27(15)24-18(31-17)26-7-5-19(6-8-26,11-23-25-21)12-32(2,28)29;1-28-16-9-13(20)3-4-14(16)15-10-22-17-25(15)23-18(29-17)24-7-5-19(11-21,6-8-24)12-30(2,26)27;/h3-4,9-10H,5-8,11-12H2,1-2H3;3-4,9-10H,5-8,11-12,21H2,1-2H3;1H4. The van der Waals surface area contributed by atoms with E-state index in [1.807, 2.05) is 0 Å². The van der Waals surface area contributed by atoms with E-state index in [-0.39, 0.29) is 36.7 Å². The number of rotatable bonds is 13. The van der Waals surface area contributed by atoms with Crippen molar-refractivity contribution >= 4 is 62.5 Å². The average molecular weight is 949 g/mol. The van der Waals surface area contributed by atoms with Gasteiger partial charge in [-0.15, -0.1) is 10.2 Å². The molecule has 0 unspecified atom stereocenters. The lowest BCUT2D eigenvalue weighted by Crippen LogP contribution is -2.47. The zero-order valence-corrected chi connectivity index (χ0v) is 37.7. The largest absolute Gasteiger partial charge is 0.496 e. The number of halogens is 2. The number of nitrogens with two attached hydrogens (primary N) is 1. The van der Waals surface area contributed by atoms with Gasteiger partial charge in [0.05, 0.1) is 49.5 Å². The molecule has 0 aliphatic carbocycles. The predicted octanol–water partition coefficient (Wildman–Crippen LogP) is 6.38. The van der Waals surface area contributed by atoms with Crippen molar-refractivity contribution in [3.05, 3.63) is 70.9 Å². The van der Waals surface area contributed by atoms with E-state index in [9.17, 15) is 25.6 Å². The molecule has 8 rings (SSSR count). The molecule has 0 spiro atoms. The number of azide groups is 1. The molecule has 0 radical (unpaired) electrons. The normalized spacial score (nSPS) is 16.2. The summed E-state index contributed by atoms with van der Waals surface area (Å²) in [6, 6.07) is 8.67. The Hall–Kier alpha value is -5.13. The first-order chi connectivity index (χ1) is 29.5. The van der Waals surface area contributed by atoms with Crippen LogP contribution in [0.5, 0.6) is 11.5 Å². The van der Waals surface area contributed by atoms with Crippen LogP contribution >= 0.6 is 22.7 Å². The fourth-order valence-corrected chi connectivity index (χ4v) is 13.0. The van der Waals surface area contributed by atoms with Crippen molar-refractivity contribution in [2.45, 2.75) is 33.1 Å². The highest BCUT2D eigenvalue weighted by Crippen LogP contribution is 2.40. The zero-order chi connectivity index (χ0) is 44.5. The summed E-state index contributed by atoms with van der Waals surface area (Å²) in [6.45, 7) is 3.03. The highest BCUT2D eigenvalue weighted by molar-refractivity contribution is 7.90. The Kier molecular flexibility index (Phi) is 14.2. The summed E-state index contributed by atoms with van der Waals surface area (Å²) in [5, 5.41) is 14.7. The third-order valence-corrected chi connectivity index (χ3v) is 15.5. The minimum Gasteiger partial charge on any atom is -0.496 e. The van der Waals surface area contributed by atoms with E-state index in [1.54, 1.807) is 33.6 Å². The van der Waals surface area contributed by atoms with E-state index in [4.69, 9.17) is 30.9 Å². The van der Waals surface area contributed by atoms with Crippen LogP contribution in [0.3, 0.4) is 0 Å². The predicted molar refractivity (Wildman–Crippen MR) is 243 cm³/mol. The molecule has 2 aliphatic rings. The summed E-state index contributed by atoms with van der Waals surface area (Å²) in [5.41, 5.74) is 16.5. The maximum atomic E-state index is 13.6. The smallest absolute Gasteiger partial charge is 0.214 e. The van der Waals surface area contributed by atoms with Gasteiger partial charge in [-0.2, -0.15) is 0 Å². The molecule has 0 atom stereocenters. The number of nitrogens with zero attached hydrogens (tertiary/aromatic N) is 11. The number of sulfone groups is 2. The number of anilines is 2. The molecule has 6 heterocycles. The number of piperidine rings is 2. The molecule has 2 aliphatic heterocycles. The fourth-order valence-electron chi connectivity index (χ4n) is 8.14. The summed E-state index contributed by atoms with van der Waals surface area (Å²) in [7, 11) is -3.34. The third kappa shape index (κ3) is 10.6. The van der Waals surface area contributed by atoms with Crippen LogP contribution in [-0.2, 0) is 19.7 Å². The summed E-state index contributed by atoms with van der Waals surface area (Å²) >= 11 is 2.88. The zero-order valence-electron chi connectivity index (χ0n) is 34.4. The molecule has 2 fully saturated rings. The Morgan fingerprint density at radius 2 is 1.17 bits per heavy atom. The van der Waals surface area contributed by atoms with Gasteiger partial charge in [0.1, 0.15) is 42.8 Å². The molecule has 2 saturated heterocycles. The molecule has 6 aromatic rings. The van der Waals surface area contributed by atoms with Crippen LogP contribution in [0.1, 0.15) is 33.1 Å². The van der Waals surface area contributed by atoms with Crippen LogP contribution in [0.2, 0.25) is 0 Å². The number of methoxy groups -OCH3 is 2. The van der Waals surface area contributed by atoms with E-state index in [2.05, 4.69) is 29.8 Å². The van der Waals surface area contributed by atoms with Gasteiger partial charge in [0.2, 0.25) is 20.2 Å². The van der Waals surface area contributed by atoms with E-state index < -0.39 is 30.9 Å². The number of hydrogen-bond acceptors (Lipinski definition) is 16. The lowest BCUT2D eigenvalue weighted by atomic mass is 9.80. The SMILES string of the molecule is C.COc1cc(F)ccc1-c1cnc2sc(N3CCC(CN)(CS(C)(=O)=O)CC3)nn12.COc1cc(F)ccc1-c1cnc2sc(N3CCC(CN=[N+]=[N-])(CS(C)(=O)=O)CC3)nn12. The molecule has 340 valence electrons. The van der Waals surface area contributed by atoms with E-state index in [1.165, 1.54) is 73.7 Å². The van der Waals surface area contributed by atoms with Gasteiger partial charge in [-0.25, -0.2) is 44.6 Å². The lowest BCUT2D eigenvalue weighted by molar-refractivity contribution is 0.261. The Morgan fingerprint density at radius 1 is 0.762 bits per heavy atom. The molecular formula is C39H50F2N12O6S4. The first kappa shape index (κ1) is 47.4. The summed E-state index contributed by atoms with van der Waals surface area (Å²) in [4.78, 5) is 17.3. The van der Waals surface area contributed by atoms with Crippen molar-refractivity contribution < 1.29 is 35.1 Å². The summed E-state index contributed by atoms with van der Waals surface area (Å²) < 4.78 is 88.8. The van der Waals surface area contributed by atoms with Crippen molar-refractivity contribution in [3.63, 3.8) is 0 Å². The van der Waals surface area contributed by atoms with Crippen molar-refractivity contribution in [1.29, 1.82) is 0 Å². The quantitative estimate of drug-likeness (QED) is 0.0754. The van der Waals surface area contributed by atoms with Crippen molar-refractivity contribution in [2.24, 2.45) is 21.7 Å². The molecule has 0 saturated carbocycles. The van der Waals surface area contributed by atoms with Gasteiger partial charge in [0.25, 0.3) is 0 Å². The molecule has 24 heteroatoms. The number of hydrogen-bond donors (Lipinski definition) is 1. The minimum atomic E-state index is -3.22. The van der Waals surface area contributed by atoms with Crippen molar-refractivity contribution in [1.82, 2.24) is 29.2 Å². The van der Waals surface area contributed by atoms with Gasteiger partial charge in [0, 0.05) is 73.4 Å². The van der Waals surface area contributed by atoms with Crippen LogP contribution in [0, 0.1) is 22.5 Å². The second kappa shape index (κ2) is 18.9. The number of benzene rings is 2. The third-order valence-electron chi connectivity index (χ3n) is 11.3. The van der Waals surface area contributed by atoms with Crippen LogP contribution in [-0.4, -0.2) is 124 Å². The molecule has 63 heavy (non-hydrogen) atoms. The Balaban J connectivity index is 0.000000207. The van der Waals surface area contributed by atoms with Gasteiger partial charge in [-0.3, -0.25) is 0 Å². The van der Waals surface area contributed by atoms with Crippen molar-refractivity contribution in [3.8, 4) is 34.0 Å². The molecule has 0 amide bonds. The van der Waals surface area contributed by atoms with Crippen molar-refractivity contribution in [2.75, 3.05) is 87.3 Å². The maximum Gasteiger partial charge on any atom is 0.214 e. The molecule has 2 N–H and O–H groups in total. The second-order valence-electron chi connectivity index (χ2n) is 15.8. The maximum absolute atomic E-state index is 13.6. The highest BCUT2D eigenvalue weighted by atomic mass is 32.2. The Bertz CT molecular complexity index is 2840. The van der Waals surface area contributed by atoms with Gasteiger partial charge in [-0.1, -0.05) is 35.2 Å². The van der Waals surface area contributed by atoms with Gasteiger partial charge < -0.3 is 25.0 Å². The van der Waals surface area contributed by atoms with Crippen LogP contribution < -0.4 is 25.0 Å². The van der Waals surface area contributed by atoms with Crippen LogP contribution in [0.25, 0.3) is 42.9 Å².